The number of fused-ring (bicyclic) bond motifs is 1. The predicted octanol–water partition coefficient (Wildman–Crippen LogP) is 1.97. The van der Waals surface area contributed by atoms with Gasteiger partial charge in [0.05, 0.1) is 30.0 Å². The number of amides is 1. The van der Waals surface area contributed by atoms with Crippen molar-refractivity contribution in [2.45, 2.75) is 38.3 Å². The maximum atomic E-state index is 13.2. The number of hydrogen-bond donors (Lipinski definition) is 0. The Bertz CT molecular complexity index is 713. The Morgan fingerprint density at radius 1 is 1.26 bits per heavy atom. The van der Waals surface area contributed by atoms with Gasteiger partial charge in [0.1, 0.15) is 12.7 Å². The maximum Gasteiger partial charge on any atom is 0.256 e. The molecule has 120 valence electrons. The zero-order chi connectivity index (χ0) is 15.8. The summed E-state index contributed by atoms with van der Waals surface area (Å²) in [5, 5.41) is 7.71. The van der Waals surface area contributed by atoms with Crippen LogP contribution in [0.3, 0.4) is 0 Å². The molecule has 6 nitrogen and oxygen atoms in total. The standard InChI is InChI=1S/C17H20N4O2/c1-12-5-6-14(20-10-18-19-11-20)13(9-12)17(22)21-7-8-23-16-4-2-3-15(16)21/h5-6,9-11,15-16H,2-4,7-8H2,1H3/t15-,16+/m0/s1. The second-order valence-electron chi connectivity index (χ2n) is 6.30. The summed E-state index contributed by atoms with van der Waals surface area (Å²) >= 11 is 0. The van der Waals surface area contributed by atoms with Crippen LogP contribution in [0, 0.1) is 6.92 Å². The summed E-state index contributed by atoms with van der Waals surface area (Å²) in [6, 6.07) is 6.13. The molecular formula is C17H20N4O2. The minimum atomic E-state index is 0.0811. The molecule has 1 saturated heterocycles. The lowest BCUT2D eigenvalue weighted by atomic mass is 10.0. The molecular weight excluding hydrogens is 292 g/mol. The van der Waals surface area contributed by atoms with Gasteiger partial charge in [0.15, 0.2) is 0 Å². The fourth-order valence-electron chi connectivity index (χ4n) is 3.70. The summed E-state index contributed by atoms with van der Waals surface area (Å²) in [6.45, 7) is 3.29. The van der Waals surface area contributed by atoms with Crippen LogP contribution < -0.4 is 0 Å². The molecule has 0 spiro atoms. The van der Waals surface area contributed by atoms with Gasteiger partial charge in [-0.05, 0) is 38.3 Å². The Morgan fingerprint density at radius 2 is 2.09 bits per heavy atom. The average molecular weight is 312 g/mol. The fraction of sp³-hybridized carbons (Fsp3) is 0.471. The van der Waals surface area contributed by atoms with E-state index in [1.807, 2.05) is 30.0 Å². The van der Waals surface area contributed by atoms with Crippen LogP contribution in [0.25, 0.3) is 5.69 Å². The molecule has 2 fully saturated rings. The van der Waals surface area contributed by atoms with Gasteiger partial charge in [0, 0.05) is 6.54 Å². The van der Waals surface area contributed by atoms with Gasteiger partial charge in [-0.2, -0.15) is 0 Å². The van der Waals surface area contributed by atoms with E-state index in [0.29, 0.717) is 18.7 Å². The highest BCUT2D eigenvalue weighted by Gasteiger charge is 2.39. The summed E-state index contributed by atoms with van der Waals surface area (Å²) in [5.74, 6) is 0.0811. The van der Waals surface area contributed by atoms with Crippen molar-refractivity contribution >= 4 is 5.91 Å². The molecule has 2 aliphatic rings. The summed E-state index contributed by atoms with van der Waals surface area (Å²) in [5.41, 5.74) is 2.60. The van der Waals surface area contributed by atoms with Gasteiger partial charge >= 0.3 is 0 Å². The van der Waals surface area contributed by atoms with E-state index < -0.39 is 0 Å². The van der Waals surface area contributed by atoms with Gasteiger partial charge in [0.25, 0.3) is 5.91 Å². The number of rotatable bonds is 2. The van der Waals surface area contributed by atoms with Crippen LogP contribution in [-0.4, -0.2) is 50.9 Å². The van der Waals surface area contributed by atoms with Gasteiger partial charge in [-0.3, -0.25) is 9.36 Å². The van der Waals surface area contributed by atoms with E-state index in [0.717, 1.165) is 30.5 Å². The molecule has 1 saturated carbocycles. The largest absolute Gasteiger partial charge is 0.374 e. The van der Waals surface area contributed by atoms with E-state index in [1.165, 1.54) is 0 Å². The third-order valence-corrected chi connectivity index (χ3v) is 4.82. The normalized spacial score (nSPS) is 23.8. The molecule has 2 aromatic rings. The van der Waals surface area contributed by atoms with E-state index in [1.54, 1.807) is 17.2 Å². The van der Waals surface area contributed by atoms with Crippen molar-refractivity contribution in [2.24, 2.45) is 0 Å². The van der Waals surface area contributed by atoms with Crippen LogP contribution in [0.4, 0.5) is 0 Å². The van der Waals surface area contributed by atoms with Crippen LogP contribution in [0.2, 0.25) is 0 Å². The van der Waals surface area contributed by atoms with Crippen LogP contribution in [-0.2, 0) is 4.74 Å². The molecule has 1 aromatic carbocycles. The number of morpholine rings is 1. The van der Waals surface area contributed by atoms with E-state index in [9.17, 15) is 4.79 Å². The van der Waals surface area contributed by atoms with Gasteiger partial charge in [-0.15, -0.1) is 10.2 Å². The molecule has 1 aliphatic carbocycles. The quantitative estimate of drug-likeness (QED) is 0.850. The summed E-state index contributed by atoms with van der Waals surface area (Å²) < 4.78 is 7.62. The molecule has 6 heteroatoms. The Morgan fingerprint density at radius 3 is 2.91 bits per heavy atom. The zero-order valence-corrected chi connectivity index (χ0v) is 13.2. The van der Waals surface area contributed by atoms with Gasteiger partial charge in [-0.25, -0.2) is 0 Å². The number of carbonyl (C=O) groups excluding carboxylic acids is 1. The molecule has 0 N–H and O–H groups in total. The third kappa shape index (κ3) is 2.53. The van der Waals surface area contributed by atoms with Crippen molar-refractivity contribution in [1.29, 1.82) is 0 Å². The number of benzene rings is 1. The molecule has 1 aliphatic heterocycles. The highest BCUT2D eigenvalue weighted by atomic mass is 16.5. The minimum Gasteiger partial charge on any atom is -0.374 e. The number of aromatic nitrogens is 3. The first-order valence-electron chi connectivity index (χ1n) is 8.12. The smallest absolute Gasteiger partial charge is 0.256 e. The fourth-order valence-corrected chi connectivity index (χ4v) is 3.70. The molecule has 1 amide bonds. The third-order valence-electron chi connectivity index (χ3n) is 4.82. The van der Waals surface area contributed by atoms with Crippen LogP contribution in [0.5, 0.6) is 0 Å². The van der Waals surface area contributed by atoms with Crippen molar-refractivity contribution in [3.63, 3.8) is 0 Å². The highest BCUT2D eigenvalue weighted by Crippen LogP contribution is 2.31. The second-order valence-corrected chi connectivity index (χ2v) is 6.30. The van der Waals surface area contributed by atoms with Crippen molar-refractivity contribution in [2.75, 3.05) is 13.2 Å². The Balaban J connectivity index is 1.72. The monoisotopic (exact) mass is 312 g/mol. The lowest BCUT2D eigenvalue weighted by Crippen LogP contribution is -2.51. The van der Waals surface area contributed by atoms with Gasteiger partial charge in [-0.1, -0.05) is 11.6 Å². The maximum absolute atomic E-state index is 13.2. The van der Waals surface area contributed by atoms with Crippen molar-refractivity contribution in [3.8, 4) is 5.69 Å². The molecule has 1 aromatic heterocycles. The number of carbonyl (C=O) groups is 1. The van der Waals surface area contributed by atoms with Crippen LogP contribution in [0.1, 0.15) is 35.2 Å². The average Bonchev–Trinajstić information content (AvgIpc) is 3.25. The van der Waals surface area contributed by atoms with Gasteiger partial charge in [0.2, 0.25) is 0 Å². The van der Waals surface area contributed by atoms with E-state index in [2.05, 4.69) is 10.2 Å². The molecule has 0 bridgehead atoms. The minimum absolute atomic E-state index is 0.0811. The van der Waals surface area contributed by atoms with Crippen LogP contribution >= 0.6 is 0 Å². The molecule has 0 radical (unpaired) electrons. The molecule has 0 unspecified atom stereocenters. The number of nitrogens with zero attached hydrogens (tertiary/aromatic N) is 4. The Labute approximate surface area is 135 Å². The highest BCUT2D eigenvalue weighted by molar-refractivity contribution is 5.98. The zero-order valence-electron chi connectivity index (χ0n) is 13.2. The van der Waals surface area contributed by atoms with E-state index in [-0.39, 0.29) is 18.1 Å². The van der Waals surface area contributed by atoms with E-state index >= 15 is 0 Å². The Hall–Kier alpha value is -2.21. The predicted molar refractivity (Wildman–Crippen MR) is 84.5 cm³/mol. The summed E-state index contributed by atoms with van der Waals surface area (Å²) in [7, 11) is 0. The summed E-state index contributed by atoms with van der Waals surface area (Å²) in [6.07, 6.45) is 6.67. The molecule has 2 atom stereocenters. The molecule has 4 rings (SSSR count). The lowest BCUT2D eigenvalue weighted by Gasteiger charge is -2.38. The SMILES string of the molecule is Cc1ccc(-n2cnnc2)c(C(=O)N2CCO[C@@H]3CCC[C@@H]32)c1. The molecule has 23 heavy (non-hydrogen) atoms. The number of hydrogen-bond acceptors (Lipinski definition) is 4. The number of ether oxygens (including phenoxy) is 1. The van der Waals surface area contributed by atoms with E-state index in [4.69, 9.17) is 4.74 Å². The first-order valence-corrected chi connectivity index (χ1v) is 8.12. The first-order chi connectivity index (χ1) is 11.2. The molecule has 2 heterocycles. The Kier molecular flexibility index (Phi) is 3.61. The lowest BCUT2D eigenvalue weighted by molar-refractivity contribution is -0.0445. The van der Waals surface area contributed by atoms with Crippen LogP contribution in [0.15, 0.2) is 30.9 Å². The van der Waals surface area contributed by atoms with Crippen molar-refractivity contribution in [3.05, 3.63) is 42.0 Å². The topological polar surface area (TPSA) is 60.2 Å². The summed E-state index contributed by atoms with van der Waals surface area (Å²) in [4.78, 5) is 15.2. The van der Waals surface area contributed by atoms with Crippen molar-refractivity contribution < 1.29 is 9.53 Å². The number of aryl methyl sites for hydroxylation is 1. The first kappa shape index (κ1) is 14.4. The van der Waals surface area contributed by atoms with Crippen molar-refractivity contribution in [1.82, 2.24) is 19.7 Å². The second kappa shape index (κ2) is 5.77. The van der Waals surface area contributed by atoms with Gasteiger partial charge < -0.3 is 9.64 Å².